The normalized spacial score (nSPS) is 21.4. The zero-order valence-corrected chi connectivity index (χ0v) is 15.1. The van der Waals surface area contributed by atoms with Gasteiger partial charge in [0, 0.05) is 45.2 Å². The summed E-state index contributed by atoms with van der Waals surface area (Å²) in [4.78, 5) is 30.5. The zero-order chi connectivity index (χ0) is 17.8. The van der Waals surface area contributed by atoms with E-state index in [9.17, 15) is 9.59 Å². The molecule has 1 unspecified atom stereocenters. The van der Waals surface area contributed by atoms with Crippen LogP contribution in [0.5, 0.6) is 5.75 Å². The monoisotopic (exact) mass is 345 g/mol. The molecular formula is C19H27N3O3. The van der Waals surface area contributed by atoms with Crippen LogP contribution in [0.25, 0.3) is 0 Å². The SMILES string of the molecule is COc1ccccc1C1CN(C(C)=O)CCN1CC(=O)N1CCCC1. The van der Waals surface area contributed by atoms with Gasteiger partial charge in [0.05, 0.1) is 19.7 Å². The summed E-state index contributed by atoms with van der Waals surface area (Å²) in [6, 6.07) is 7.85. The highest BCUT2D eigenvalue weighted by atomic mass is 16.5. The average molecular weight is 345 g/mol. The zero-order valence-electron chi connectivity index (χ0n) is 15.1. The van der Waals surface area contributed by atoms with Crippen molar-refractivity contribution in [1.29, 1.82) is 0 Å². The van der Waals surface area contributed by atoms with Crippen molar-refractivity contribution in [3.05, 3.63) is 29.8 Å². The fourth-order valence-electron chi connectivity index (χ4n) is 3.77. The Morgan fingerprint density at radius 1 is 1.08 bits per heavy atom. The first-order valence-electron chi connectivity index (χ1n) is 9.00. The summed E-state index contributed by atoms with van der Waals surface area (Å²) >= 11 is 0. The standard InChI is InChI=1S/C19H27N3O3/c1-15(23)21-11-12-22(14-19(24)20-9-5-6-10-20)17(13-21)16-7-3-4-8-18(16)25-2/h3-4,7-8,17H,5-6,9-14H2,1-2H3. The van der Waals surface area contributed by atoms with E-state index in [0.29, 0.717) is 26.2 Å². The van der Waals surface area contributed by atoms with Gasteiger partial charge in [0.25, 0.3) is 0 Å². The molecule has 2 fully saturated rings. The number of carbonyl (C=O) groups excluding carboxylic acids is 2. The molecule has 0 bridgehead atoms. The molecule has 6 nitrogen and oxygen atoms in total. The van der Waals surface area contributed by atoms with Crippen LogP contribution in [0.4, 0.5) is 0 Å². The summed E-state index contributed by atoms with van der Waals surface area (Å²) < 4.78 is 5.52. The Morgan fingerprint density at radius 3 is 2.48 bits per heavy atom. The van der Waals surface area contributed by atoms with Crippen LogP contribution in [0.3, 0.4) is 0 Å². The maximum Gasteiger partial charge on any atom is 0.236 e. The van der Waals surface area contributed by atoms with Crippen molar-refractivity contribution in [3.8, 4) is 5.75 Å². The van der Waals surface area contributed by atoms with E-state index in [1.807, 2.05) is 34.1 Å². The molecule has 0 aliphatic carbocycles. The summed E-state index contributed by atoms with van der Waals surface area (Å²) in [5.74, 6) is 1.07. The van der Waals surface area contributed by atoms with Crippen LogP contribution in [0.1, 0.15) is 31.4 Å². The van der Waals surface area contributed by atoms with Gasteiger partial charge in [0.1, 0.15) is 5.75 Å². The lowest BCUT2D eigenvalue weighted by atomic mass is 10.0. The highest BCUT2D eigenvalue weighted by molar-refractivity contribution is 5.78. The van der Waals surface area contributed by atoms with E-state index in [4.69, 9.17) is 4.74 Å². The Morgan fingerprint density at radius 2 is 1.80 bits per heavy atom. The van der Waals surface area contributed by atoms with E-state index in [1.54, 1.807) is 14.0 Å². The molecule has 1 atom stereocenters. The molecule has 2 aliphatic heterocycles. The quantitative estimate of drug-likeness (QED) is 0.830. The van der Waals surface area contributed by atoms with Gasteiger partial charge in [-0.25, -0.2) is 0 Å². The third-order valence-electron chi connectivity index (χ3n) is 5.23. The van der Waals surface area contributed by atoms with E-state index >= 15 is 0 Å². The molecule has 1 aromatic carbocycles. The van der Waals surface area contributed by atoms with Crippen molar-refractivity contribution in [2.24, 2.45) is 0 Å². The second-order valence-electron chi connectivity index (χ2n) is 6.78. The lowest BCUT2D eigenvalue weighted by molar-refractivity contribution is -0.135. The van der Waals surface area contributed by atoms with Crippen molar-refractivity contribution >= 4 is 11.8 Å². The van der Waals surface area contributed by atoms with E-state index in [-0.39, 0.29) is 17.9 Å². The first kappa shape index (κ1) is 17.7. The second kappa shape index (κ2) is 7.87. The molecule has 6 heteroatoms. The minimum absolute atomic E-state index is 0.0275. The molecule has 25 heavy (non-hydrogen) atoms. The molecule has 0 radical (unpaired) electrons. The van der Waals surface area contributed by atoms with E-state index in [2.05, 4.69) is 4.90 Å². The number of hydrogen-bond donors (Lipinski definition) is 0. The fraction of sp³-hybridized carbons (Fsp3) is 0.579. The van der Waals surface area contributed by atoms with Crippen LogP contribution in [0.15, 0.2) is 24.3 Å². The molecule has 1 aromatic rings. The van der Waals surface area contributed by atoms with Gasteiger partial charge >= 0.3 is 0 Å². The Labute approximate surface area is 149 Å². The van der Waals surface area contributed by atoms with Gasteiger partial charge < -0.3 is 14.5 Å². The van der Waals surface area contributed by atoms with Gasteiger partial charge in [0.2, 0.25) is 11.8 Å². The van der Waals surface area contributed by atoms with Crippen molar-refractivity contribution in [1.82, 2.24) is 14.7 Å². The fourth-order valence-corrected chi connectivity index (χ4v) is 3.77. The number of amides is 2. The number of piperazine rings is 1. The van der Waals surface area contributed by atoms with Crippen LogP contribution in [-0.2, 0) is 9.59 Å². The molecule has 2 amide bonds. The maximum atomic E-state index is 12.6. The number of likely N-dealkylation sites (tertiary alicyclic amines) is 1. The number of nitrogens with zero attached hydrogens (tertiary/aromatic N) is 3. The number of rotatable bonds is 4. The van der Waals surface area contributed by atoms with Gasteiger partial charge in [0.15, 0.2) is 0 Å². The number of carbonyl (C=O) groups is 2. The van der Waals surface area contributed by atoms with E-state index in [0.717, 1.165) is 37.2 Å². The number of methoxy groups -OCH3 is 1. The van der Waals surface area contributed by atoms with Crippen LogP contribution >= 0.6 is 0 Å². The lowest BCUT2D eigenvalue weighted by Crippen LogP contribution is -2.52. The summed E-state index contributed by atoms with van der Waals surface area (Å²) in [7, 11) is 1.66. The number of benzene rings is 1. The largest absolute Gasteiger partial charge is 0.496 e. The van der Waals surface area contributed by atoms with E-state index < -0.39 is 0 Å². The van der Waals surface area contributed by atoms with Crippen molar-refractivity contribution < 1.29 is 14.3 Å². The van der Waals surface area contributed by atoms with E-state index in [1.165, 1.54) is 0 Å². The first-order chi connectivity index (χ1) is 12.1. The average Bonchev–Trinajstić information content (AvgIpc) is 3.16. The molecule has 136 valence electrons. The summed E-state index contributed by atoms with van der Waals surface area (Å²) in [5.41, 5.74) is 1.03. The maximum absolute atomic E-state index is 12.6. The highest BCUT2D eigenvalue weighted by Gasteiger charge is 2.33. The van der Waals surface area contributed by atoms with Crippen LogP contribution in [0, 0.1) is 0 Å². The summed E-state index contributed by atoms with van der Waals surface area (Å²) in [6.07, 6.45) is 2.19. The van der Waals surface area contributed by atoms with Crippen LogP contribution in [0.2, 0.25) is 0 Å². The Balaban J connectivity index is 1.81. The van der Waals surface area contributed by atoms with Crippen molar-refractivity contribution in [3.63, 3.8) is 0 Å². The van der Waals surface area contributed by atoms with Gasteiger partial charge in [-0.15, -0.1) is 0 Å². The van der Waals surface area contributed by atoms with Crippen LogP contribution in [-0.4, -0.2) is 72.9 Å². The molecule has 0 saturated carbocycles. The lowest BCUT2D eigenvalue weighted by Gasteiger charge is -2.41. The number of para-hydroxylation sites is 1. The first-order valence-corrected chi connectivity index (χ1v) is 9.00. The molecular weight excluding hydrogens is 318 g/mol. The molecule has 0 aromatic heterocycles. The van der Waals surface area contributed by atoms with Gasteiger partial charge in [-0.2, -0.15) is 0 Å². The predicted molar refractivity (Wildman–Crippen MR) is 95.4 cm³/mol. The summed E-state index contributed by atoms with van der Waals surface area (Å²) in [6.45, 7) is 5.68. The molecule has 0 spiro atoms. The molecule has 2 heterocycles. The third kappa shape index (κ3) is 3.95. The Kier molecular flexibility index (Phi) is 5.58. The Hall–Kier alpha value is -2.08. The van der Waals surface area contributed by atoms with Gasteiger partial charge in [-0.3, -0.25) is 14.5 Å². The highest BCUT2D eigenvalue weighted by Crippen LogP contribution is 2.32. The van der Waals surface area contributed by atoms with Crippen LogP contribution < -0.4 is 4.74 Å². The van der Waals surface area contributed by atoms with Gasteiger partial charge in [-0.05, 0) is 18.9 Å². The minimum atomic E-state index is -0.0275. The molecule has 2 saturated heterocycles. The second-order valence-corrected chi connectivity index (χ2v) is 6.78. The smallest absolute Gasteiger partial charge is 0.236 e. The van der Waals surface area contributed by atoms with Crippen molar-refractivity contribution in [2.45, 2.75) is 25.8 Å². The predicted octanol–water partition coefficient (Wildman–Crippen LogP) is 1.52. The molecule has 3 rings (SSSR count). The van der Waals surface area contributed by atoms with Crippen molar-refractivity contribution in [2.75, 3.05) is 46.4 Å². The molecule has 0 N–H and O–H groups in total. The molecule has 2 aliphatic rings. The number of ether oxygens (including phenoxy) is 1. The Bertz CT molecular complexity index is 628. The third-order valence-corrected chi connectivity index (χ3v) is 5.23. The van der Waals surface area contributed by atoms with Gasteiger partial charge in [-0.1, -0.05) is 18.2 Å². The summed E-state index contributed by atoms with van der Waals surface area (Å²) in [5, 5.41) is 0. The minimum Gasteiger partial charge on any atom is -0.496 e. The number of hydrogen-bond acceptors (Lipinski definition) is 4. The topological polar surface area (TPSA) is 53.1 Å².